The smallest absolute Gasteiger partial charge is 0.159 e. The molecule has 12 rings (SSSR count). The Morgan fingerprint density at radius 1 is 0.554 bits per heavy atom. The van der Waals surface area contributed by atoms with Crippen molar-refractivity contribution in [2.45, 2.75) is 58.8 Å². The topological polar surface area (TPSA) is 32.8 Å². The van der Waals surface area contributed by atoms with E-state index in [-0.39, 0.29) is 11.8 Å². The lowest BCUT2D eigenvalue weighted by atomic mass is 9.69. The van der Waals surface area contributed by atoms with Crippen molar-refractivity contribution in [3.8, 4) is 0 Å². The maximum absolute atomic E-state index is 6.84. The molecule has 0 saturated heterocycles. The summed E-state index contributed by atoms with van der Waals surface area (Å²) in [5, 5.41) is 3.32. The van der Waals surface area contributed by atoms with E-state index >= 15 is 0 Å². The summed E-state index contributed by atoms with van der Waals surface area (Å²) < 4.78 is 13.6. The van der Waals surface area contributed by atoms with E-state index in [2.05, 4.69) is 214 Å². The Balaban J connectivity index is 1.08. The van der Waals surface area contributed by atoms with Gasteiger partial charge in [-0.25, -0.2) is 0 Å². The third kappa shape index (κ3) is 6.28. The number of hydrogen-bond acceptors (Lipinski definition) is 4. The van der Waals surface area contributed by atoms with Crippen LogP contribution in [-0.4, -0.2) is 0 Å². The predicted octanol–water partition coefficient (Wildman–Crippen LogP) is 16.7. The molecule has 3 unspecified atom stereocenters. The van der Waals surface area contributed by atoms with Crippen LogP contribution in [0.1, 0.15) is 97.9 Å². The maximum atomic E-state index is 6.84. The third-order valence-electron chi connectivity index (χ3n) is 14.2. The van der Waals surface area contributed by atoms with Gasteiger partial charge in [-0.3, -0.25) is 0 Å². The molecule has 4 aliphatic carbocycles. The second kappa shape index (κ2) is 15.4. The summed E-state index contributed by atoms with van der Waals surface area (Å²) in [5.41, 5.74) is 24.5. The van der Waals surface area contributed by atoms with Gasteiger partial charge < -0.3 is 18.6 Å². The first-order chi connectivity index (χ1) is 31.8. The van der Waals surface area contributed by atoms with Crippen molar-refractivity contribution >= 4 is 73.5 Å². The number of anilines is 3. The van der Waals surface area contributed by atoms with Crippen LogP contribution in [0.3, 0.4) is 0 Å². The van der Waals surface area contributed by atoms with E-state index in [1.165, 1.54) is 44.8 Å². The summed E-state index contributed by atoms with van der Waals surface area (Å²) >= 11 is 0. The van der Waals surface area contributed by atoms with Crippen molar-refractivity contribution in [2.24, 2.45) is 11.8 Å². The second-order valence-corrected chi connectivity index (χ2v) is 18.7. The van der Waals surface area contributed by atoms with Gasteiger partial charge in [-0.15, -0.1) is 0 Å². The largest absolute Gasteiger partial charge is 0.454 e. The highest BCUT2D eigenvalue weighted by Crippen LogP contribution is 2.55. The molecule has 8 aromatic rings. The highest BCUT2D eigenvalue weighted by atomic mass is 16.3. The van der Waals surface area contributed by atoms with Crippen LogP contribution in [0.5, 0.6) is 0 Å². The van der Waals surface area contributed by atoms with Crippen LogP contribution in [-0.2, 0) is 0 Å². The van der Waals surface area contributed by atoms with Gasteiger partial charge in [0.2, 0.25) is 0 Å². The average Bonchev–Trinajstić information content (AvgIpc) is 3.92. The molecule has 0 N–H and O–H groups in total. The highest BCUT2D eigenvalue weighted by Gasteiger charge is 2.39. The molecule has 0 fully saturated rings. The molecule has 4 heteroatoms. The number of nitrogens with zero attached hydrogens (tertiary/aromatic N) is 2. The van der Waals surface area contributed by atoms with Crippen molar-refractivity contribution in [3.63, 3.8) is 0 Å². The number of hydrogen-bond donors (Lipinski definition) is 0. The summed E-state index contributed by atoms with van der Waals surface area (Å²) in [5.74, 6) is 2.20. The van der Waals surface area contributed by atoms with E-state index in [4.69, 9.17) is 8.83 Å². The van der Waals surface area contributed by atoms with Crippen LogP contribution in [0, 0.1) is 11.8 Å². The zero-order valence-electron chi connectivity index (χ0n) is 37.5. The molecule has 0 bridgehead atoms. The second-order valence-electron chi connectivity index (χ2n) is 18.7. The van der Waals surface area contributed by atoms with Gasteiger partial charge in [0.15, 0.2) is 11.2 Å². The van der Waals surface area contributed by atoms with Gasteiger partial charge in [-0.1, -0.05) is 173 Å². The van der Waals surface area contributed by atoms with Gasteiger partial charge in [-0.05, 0) is 77.3 Å². The van der Waals surface area contributed by atoms with E-state index in [1.807, 2.05) is 12.2 Å². The normalized spacial score (nSPS) is 18.3. The average molecular weight is 843 g/mol. The zero-order chi connectivity index (χ0) is 43.9. The lowest BCUT2D eigenvalue weighted by Gasteiger charge is -2.42. The Hall–Kier alpha value is -7.48. The van der Waals surface area contributed by atoms with Crippen molar-refractivity contribution in [1.82, 2.24) is 0 Å². The SMILES string of the molecule is CC(C)C1=CC=C(N(C2=CC3c4ccccc4C(N(c4ccc(C(C)C)cc4)c4cccc5c6c(oc45)C=C=C=C6)=CC3c3ccccc32)c2cccc3c2oc2ccccc23)CC1C. The molecule has 2 heterocycles. The Bertz CT molecular complexity index is 3480. The van der Waals surface area contributed by atoms with Crippen LogP contribution in [0.25, 0.3) is 56.5 Å². The number of fused-ring (bicyclic) bond motifs is 11. The van der Waals surface area contributed by atoms with Gasteiger partial charge in [-0.2, -0.15) is 0 Å². The Labute approximate surface area is 380 Å². The van der Waals surface area contributed by atoms with Crippen molar-refractivity contribution in [3.05, 3.63) is 220 Å². The minimum Gasteiger partial charge on any atom is -0.454 e. The Morgan fingerprint density at radius 2 is 1.15 bits per heavy atom. The highest BCUT2D eigenvalue weighted by molar-refractivity contribution is 6.11. The summed E-state index contributed by atoms with van der Waals surface area (Å²) in [6, 6.07) is 48.8. The summed E-state index contributed by atoms with van der Waals surface area (Å²) in [7, 11) is 0. The van der Waals surface area contributed by atoms with E-state index < -0.39 is 0 Å². The van der Waals surface area contributed by atoms with Gasteiger partial charge in [0.25, 0.3) is 0 Å². The number of furan rings is 2. The summed E-state index contributed by atoms with van der Waals surface area (Å²) in [4.78, 5) is 4.96. The number of para-hydroxylation sites is 3. The molecule has 0 saturated carbocycles. The van der Waals surface area contributed by atoms with Crippen molar-refractivity contribution in [1.29, 1.82) is 0 Å². The lowest BCUT2D eigenvalue weighted by Crippen LogP contribution is -2.30. The molecule has 3 atom stereocenters. The molecule has 0 radical (unpaired) electrons. The van der Waals surface area contributed by atoms with E-state index in [9.17, 15) is 0 Å². The molecule has 2 aromatic heterocycles. The number of benzene rings is 6. The molecular weight excluding hydrogens is 793 g/mol. The predicted molar refractivity (Wildman–Crippen MR) is 270 cm³/mol. The summed E-state index contributed by atoms with van der Waals surface area (Å²) in [6.07, 6.45) is 14.6. The van der Waals surface area contributed by atoms with Crippen molar-refractivity contribution in [2.75, 3.05) is 9.80 Å². The molecule has 0 spiro atoms. The van der Waals surface area contributed by atoms with Gasteiger partial charge in [0.1, 0.15) is 11.3 Å². The van der Waals surface area contributed by atoms with Crippen LogP contribution in [0.15, 0.2) is 189 Å². The van der Waals surface area contributed by atoms with E-state index in [0.29, 0.717) is 17.8 Å². The monoisotopic (exact) mass is 842 g/mol. The van der Waals surface area contributed by atoms with E-state index in [1.54, 1.807) is 0 Å². The molecule has 4 nitrogen and oxygen atoms in total. The Morgan fingerprint density at radius 3 is 1.85 bits per heavy atom. The minimum absolute atomic E-state index is 0.0481. The van der Waals surface area contributed by atoms with Crippen LogP contribution in [0.4, 0.5) is 17.1 Å². The first-order valence-electron chi connectivity index (χ1n) is 23.2. The van der Waals surface area contributed by atoms with Gasteiger partial charge in [0.05, 0.1) is 22.8 Å². The van der Waals surface area contributed by atoms with Gasteiger partial charge in [0, 0.05) is 68.2 Å². The first kappa shape index (κ1) is 39.1. The molecule has 65 heavy (non-hydrogen) atoms. The molecule has 4 aliphatic rings. The fourth-order valence-electron chi connectivity index (χ4n) is 11.1. The standard InChI is InChI=1S/C61H50N2O2/c1-37(2)40-28-30-41(31-29-40)62(54-24-14-22-50-48-20-10-12-26-58(48)64-60(50)54)56-35-52-45-17-7-9-19-47(45)57(36-53(52)44-16-6-8-18-46(44)56)63(42-32-33-43(38(3)4)39(5)34-42)55-25-15-23-51-49-21-11-13-27-59(49)65-61(51)55/h6-9,11,13-33,35-39,52-53H,34H2,1-5H3. The van der Waals surface area contributed by atoms with Crippen LogP contribution in [0.2, 0.25) is 0 Å². The van der Waals surface area contributed by atoms with E-state index in [0.717, 1.165) is 73.4 Å². The zero-order valence-corrected chi connectivity index (χ0v) is 37.5. The summed E-state index contributed by atoms with van der Waals surface area (Å²) in [6.45, 7) is 11.5. The lowest BCUT2D eigenvalue weighted by molar-refractivity contribution is 0.566. The first-order valence-corrected chi connectivity index (χ1v) is 23.2. The third-order valence-corrected chi connectivity index (χ3v) is 14.2. The fraction of sp³-hybridized carbons (Fsp3) is 0.180. The fourth-order valence-corrected chi connectivity index (χ4v) is 11.1. The van der Waals surface area contributed by atoms with Crippen LogP contribution >= 0.6 is 0 Å². The number of rotatable bonds is 8. The molecular formula is C61H50N2O2. The molecule has 0 aliphatic heterocycles. The molecule has 316 valence electrons. The van der Waals surface area contributed by atoms with Crippen LogP contribution < -0.4 is 9.80 Å². The number of allylic oxidation sites excluding steroid dienone is 6. The Kier molecular flexibility index (Phi) is 9.25. The minimum atomic E-state index is 0.0481. The molecule has 0 amide bonds. The van der Waals surface area contributed by atoms with Crippen molar-refractivity contribution < 1.29 is 8.83 Å². The molecule has 6 aromatic carbocycles. The van der Waals surface area contributed by atoms with Gasteiger partial charge >= 0.3 is 0 Å². The quantitative estimate of drug-likeness (QED) is 0.143. The maximum Gasteiger partial charge on any atom is 0.159 e.